The van der Waals surface area contributed by atoms with Crippen molar-refractivity contribution in [1.29, 1.82) is 0 Å². The van der Waals surface area contributed by atoms with E-state index in [1.807, 2.05) is 0 Å². The van der Waals surface area contributed by atoms with Crippen LogP contribution < -0.4 is 5.32 Å². The van der Waals surface area contributed by atoms with E-state index < -0.39 is 0 Å². The van der Waals surface area contributed by atoms with E-state index in [4.69, 9.17) is 0 Å². The first-order valence-electron chi connectivity index (χ1n) is 5.08. The molecule has 0 spiro atoms. The van der Waals surface area contributed by atoms with E-state index in [1.165, 1.54) is 30.6 Å². The molecule has 1 heterocycles. The molecule has 0 aromatic carbocycles. The Hall–Kier alpha value is -0.420. The summed E-state index contributed by atoms with van der Waals surface area (Å²) < 4.78 is 0. The van der Waals surface area contributed by atoms with Gasteiger partial charge in [-0.1, -0.05) is 22.4 Å². The summed E-state index contributed by atoms with van der Waals surface area (Å²) in [4.78, 5) is 16.8. The van der Waals surface area contributed by atoms with Gasteiger partial charge in [0.05, 0.1) is 11.7 Å². The summed E-state index contributed by atoms with van der Waals surface area (Å²) in [5.74, 6) is 0.589. The lowest BCUT2D eigenvalue weighted by molar-refractivity contribution is 0.0951. The highest BCUT2D eigenvalue weighted by molar-refractivity contribution is 9.09. The van der Waals surface area contributed by atoms with Crippen LogP contribution in [0, 0.1) is 5.92 Å². The molecule has 1 aliphatic rings. The van der Waals surface area contributed by atoms with Crippen molar-refractivity contribution in [2.24, 2.45) is 5.92 Å². The molecule has 1 fully saturated rings. The molecule has 0 bridgehead atoms. The van der Waals surface area contributed by atoms with Crippen molar-refractivity contribution in [2.45, 2.75) is 24.1 Å². The fourth-order valence-electron chi connectivity index (χ4n) is 1.86. The summed E-state index contributed by atoms with van der Waals surface area (Å²) in [5, 5.41) is 2.96. The third-order valence-corrected chi connectivity index (χ3v) is 4.72. The number of amides is 1. The van der Waals surface area contributed by atoms with Gasteiger partial charge in [0.1, 0.15) is 4.88 Å². The molecule has 82 valence electrons. The van der Waals surface area contributed by atoms with Gasteiger partial charge in [0.25, 0.3) is 5.91 Å². The maximum absolute atomic E-state index is 11.6. The van der Waals surface area contributed by atoms with Crippen LogP contribution in [0.3, 0.4) is 0 Å². The molecule has 1 aliphatic carbocycles. The van der Waals surface area contributed by atoms with Crippen LogP contribution in [0.2, 0.25) is 0 Å². The van der Waals surface area contributed by atoms with Crippen LogP contribution in [-0.2, 0) is 0 Å². The van der Waals surface area contributed by atoms with Crippen molar-refractivity contribution < 1.29 is 4.79 Å². The van der Waals surface area contributed by atoms with Crippen LogP contribution in [0.1, 0.15) is 28.9 Å². The molecule has 2 atom stereocenters. The van der Waals surface area contributed by atoms with E-state index in [1.54, 1.807) is 11.7 Å². The molecule has 15 heavy (non-hydrogen) atoms. The average Bonchev–Trinajstić information content (AvgIpc) is 2.85. The molecule has 2 unspecified atom stereocenters. The Labute approximate surface area is 101 Å². The van der Waals surface area contributed by atoms with Gasteiger partial charge in [0, 0.05) is 11.4 Å². The molecule has 1 aromatic rings. The number of carbonyl (C=O) groups excluding carboxylic acids is 1. The van der Waals surface area contributed by atoms with E-state index in [9.17, 15) is 4.79 Å². The summed E-state index contributed by atoms with van der Waals surface area (Å²) in [6.07, 6.45) is 5.30. The zero-order chi connectivity index (χ0) is 10.7. The molecule has 0 aliphatic heterocycles. The number of hydrogen-bond acceptors (Lipinski definition) is 3. The van der Waals surface area contributed by atoms with Crippen molar-refractivity contribution in [3.8, 4) is 0 Å². The van der Waals surface area contributed by atoms with Gasteiger partial charge in [-0.2, -0.15) is 0 Å². The Morgan fingerprint density at radius 2 is 2.53 bits per heavy atom. The molecule has 1 aromatic heterocycles. The first kappa shape index (κ1) is 11.1. The fraction of sp³-hybridized carbons (Fsp3) is 0.600. The van der Waals surface area contributed by atoms with Crippen LogP contribution in [0.25, 0.3) is 0 Å². The van der Waals surface area contributed by atoms with Gasteiger partial charge < -0.3 is 5.32 Å². The highest BCUT2D eigenvalue weighted by Gasteiger charge is 2.25. The van der Waals surface area contributed by atoms with E-state index in [-0.39, 0.29) is 5.91 Å². The lowest BCUT2D eigenvalue weighted by Gasteiger charge is -2.13. The quantitative estimate of drug-likeness (QED) is 0.868. The number of thiazole rings is 1. The second-order valence-corrected chi connectivity index (χ2v) is 5.85. The van der Waals surface area contributed by atoms with Gasteiger partial charge >= 0.3 is 0 Å². The number of alkyl halides is 1. The minimum absolute atomic E-state index is 0.00380. The predicted octanol–water partition coefficient (Wildman–Crippen LogP) is 2.44. The summed E-state index contributed by atoms with van der Waals surface area (Å²) >= 11 is 5.02. The van der Waals surface area contributed by atoms with Crippen LogP contribution >= 0.6 is 27.3 Å². The van der Waals surface area contributed by atoms with Crippen molar-refractivity contribution in [3.63, 3.8) is 0 Å². The number of nitrogens with one attached hydrogen (secondary N) is 1. The van der Waals surface area contributed by atoms with Crippen LogP contribution in [0.5, 0.6) is 0 Å². The Balaban J connectivity index is 1.81. The molecule has 1 saturated carbocycles. The first-order valence-corrected chi connectivity index (χ1v) is 6.87. The smallest absolute Gasteiger partial charge is 0.263 e. The van der Waals surface area contributed by atoms with Crippen molar-refractivity contribution >= 4 is 33.2 Å². The summed E-state index contributed by atoms with van der Waals surface area (Å²) in [7, 11) is 0. The number of hydrogen-bond donors (Lipinski definition) is 1. The maximum atomic E-state index is 11.6. The summed E-state index contributed by atoms with van der Waals surface area (Å²) in [6.45, 7) is 0.770. The predicted molar refractivity (Wildman–Crippen MR) is 64.5 cm³/mol. The minimum atomic E-state index is 0.00380. The number of halogens is 1. The van der Waals surface area contributed by atoms with E-state index in [0.29, 0.717) is 15.6 Å². The third-order valence-electron chi connectivity index (χ3n) is 2.75. The SMILES string of the molecule is O=C(NCC1CCCC1Br)c1cncs1. The van der Waals surface area contributed by atoms with Gasteiger partial charge in [0.15, 0.2) is 0 Å². The topological polar surface area (TPSA) is 42.0 Å². The Morgan fingerprint density at radius 3 is 3.13 bits per heavy atom. The monoisotopic (exact) mass is 288 g/mol. The lowest BCUT2D eigenvalue weighted by atomic mass is 10.1. The van der Waals surface area contributed by atoms with Gasteiger partial charge in [-0.3, -0.25) is 9.78 Å². The Morgan fingerprint density at radius 1 is 1.67 bits per heavy atom. The maximum Gasteiger partial charge on any atom is 0.263 e. The van der Waals surface area contributed by atoms with E-state index in [2.05, 4.69) is 26.2 Å². The normalized spacial score (nSPS) is 25.4. The molecule has 0 saturated heterocycles. The summed E-state index contributed by atoms with van der Waals surface area (Å²) in [5.41, 5.74) is 1.68. The highest BCUT2D eigenvalue weighted by atomic mass is 79.9. The molecule has 0 radical (unpaired) electrons. The largest absolute Gasteiger partial charge is 0.351 e. The average molecular weight is 289 g/mol. The number of carbonyl (C=O) groups is 1. The lowest BCUT2D eigenvalue weighted by Crippen LogP contribution is -2.30. The molecular formula is C10H13BrN2OS. The van der Waals surface area contributed by atoms with E-state index >= 15 is 0 Å². The number of aromatic nitrogens is 1. The zero-order valence-electron chi connectivity index (χ0n) is 8.28. The molecule has 1 N–H and O–H groups in total. The van der Waals surface area contributed by atoms with Crippen molar-refractivity contribution in [2.75, 3.05) is 6.54 Å². The van der Waals surface area contributed by atoms with Crippen LogP contribution in [0.4, 0.5) is 0 Å². The van der Waals surface area contributed by atoms with Crippen LogP contribution in [-0.4, -0.2) is 22.3 Å². The number of nitrogens with zero attached hydrogens (tertiary/aromatic N) is 1. The second-order valence-electron chi connectivity index (χ2n) is 3.78. The number of rotatable bonds is 3. The van der Waals surface area contributed by atoms with Gasteiger partial charge in [-0.25, -0.2) is 0 Å². The first-order chi connectivity index (χ1) is 7.27. The van der Waals surface area contributed by atoms with Crippen molar-refractivity contribution in [3.05, 3.63) is 16.6 Å². The molecular weight excluding hydrogens is 276 g/mol. The van der Waals surface area contributed by atoms with Gasteiger partial charge in [0.2, 0.25) is 0 Å². The zero-order valence-corrected chi connectivity index (χ0v) is 10.7. The Bertz CT molecular complexity index is 328. The van der Waals surface area contributed by atoms with Crippen molar-refractivity contribution in [1.82, 2.24) is 10.3 Å². The standard InChI is InChI=1S/C10H13BrN2OS/c11-8-3-1-2-7(8)4-13-10(14)9-5-12-6-15-9/h5-8H,1-4H2,(H,13,14). The molecule has 2 rings (SSSR count). The molecule has 5 heteroatoms. The van der Waals surface area contributed by atoms with Gasteiger partial charge in [-0.05, 0) is 18.8 Å². The third kappa shape index (κ3) is 2.78. The highest BCUT2D eigenvalue weighted by Crippen LogP contribution is 2.30. The summed E-state index contributed by atoms with van der Waals surface area (Å²) in [6, 6.07) is 0. The fourth-order valence-corrected chi connectivity index (χ4v) is 3.17. The molecule has 3 nitrogen and oxygen atoms in total. The molecule has 1 amide bonds. The second kappa shape index (κ2) is 5.07. The van der Waals surface area contributed by atoms with Gasteiger partial charge in [-0.15, -0.1) is 11.3 Å². The Kier molecular flexibility index (Phi) is 3.75. The van der Waals surface area contributed by atoms with E-state index in [0.717, 1.165) is 6.54 Å². The van der Waals surface area contributed by atoms with Crippen LogP contribution in [0.15, 0.2) is 11.7 Å². The minimum Gasteiger partial charge on any atom is -0.351 e.